The molecule has 9 heteroatoms. The third-order valence-electron chi connectivity index (χ3n) is 5.35. The Kier molecular flexibility index (Phi) is 4.39. The normalized spacial score (nSPS) is 14.0. The number of anilines is 1. The van der Waals surface area contributed by atoms with E-state index in [4.69, 9.17) is 16.6 Å². The first-order chi connectivity index (χ1) is 14.5. The average Bonchev–Trinajstić information content (AvgIpc) is 3.29. The van der Waals surface area contributed by atoms with Crippen LogP contribution in [-0.2, 0) is 0 Å². The molecule has 0 aliphatic heterocycles. The fraction of sp³-hybridized carbons (Fsp3) is 0.333. The second kappa shape index (κ2) is 6.98. The number of hydrogen-bond donors (Lipinski definition) is 2. The summed E-state index contributed by atoms with van der Waals surface area (Å²) in [6.45, 7) is 4.21. The molecule has 0 spiro atoms. The van der Waals surface area contributed by atoms with Crippen LogP contribution < -0.4 is 10.6 Å². The van der Waals surface area contributed by atoms with Gasteiger partial charge >= 0.3 is 0 Å². The lowest BCUT2D eigenvalue weighted by atomic mass is 10.1. The maximum absolute atomic E-state index is 12.7. The van der Waals surface area contributed by atoms with E-state index in [-0.39, 0.29) is 18.0 Å². The number of halogens is 1. The van der Waals surface area contributed by atoms with Gasteiger partial charge in [-0.25, -0.2) is 9.97 Å². The summed E-state index contributed by atoms with van der Waals surface area (Å²) >= 11 is 6.25. The molecule has 30 heavy (non-hydrogen) atoms. The van der Waals surface area contributed by atoms with Gasteiger partial charge in [-0.3, -0.25) is 4.79 Å². The molecule has 4 aromatic heterocycles. The van der Waals surface area contributed by atoms with Gasteiger partial charge in [0.2, 0.25) is 0 Å². The molecular formula is C21H22ClN7O. The van der Waals surface area contributed by atoms with Gasteiger partial charge in [-0.05, 0) is 32.8 Å². The summed E-state index contributed by atoms with van der Waals surface area (Å²) in [5.41, 5.74) is 3.44. The van der Waals surface area contributed by atoms with Crippen molar-refractivity contribution in [2.45, 2.75) is 38.8 Å². The molecule has 1 aliphatic carbocycles. The largest absolute Gasteiger partial charge is 0.373 e. The molecule has 4 heterocycles. The van der Waals surface area contributed by atoms with Crippen molar-refractivity contribution < 1.29 is 4.79 Å². The maximum atomic E-state index is 12.7. The fourth-order valence-corrected chi connectivity index (χ4v) is 3.79. The molecule has 8 nitrogen and oxygen atoms in total. The van der Waals surface area contributed by atoms with E-state index in [0.717, 1.165) is 41.0 Å². The van der Waals surface area contributed by atoms with Gasteiger partial charge in [0.05, 0.1) is 16.9 Å². The third kappa shape index (κ3) is 3.08. The van der Waals surface area contributed by atoms with Gasteiger partial charge in [-0.15, -0.1) is 0 Å². The Balaban J connectivity index is 1.73. The lowest BCUT2D eigenvalue weighted by Crippen LogP contribution is -2.25. The van der Waals surface area contributed by atoms with Crippen molar-refractivity contribution in [2.75, 3.05) is 12.4 Å². The van der Waals surface area contributed by atoms with Crippen molar-refractivity contribution in [3.05, 3.63) is 41.3 Å². The van der Waals surface area contributed by atoms with Gasteiger partial charge in [-0.1, -0.05) is 11.6 Å². The number of rotatable bonds is 5. The highest BCUT2D eigenvalue weighted by Crippen LogP contribution is 2.34. The number of fused-ring (bicyclic) bond motifs is 2. The van der Waals surface area contributed by atoms with Crippen LogP contribution in [0.1, 0.15) is 43.1 Å². The summed E-state index contributed by atoms with van der Waals surface area (Å²) in [6, 6.07) is 4.30. The van der Waals surface area contributed by atoms with Crippen LogP contribution in [0.3, 0.4) is 0 Å². The quantitative estimate of drug-likeness (QED) is 0.508. The minimum absolute atomic E-state index is 0.145. The summed E-state index contributed by atoms with van der Waals surface area (Å²) in [4.78, 5) is 22.1. The molecule has 154 valence electrons. The molecule has 1 aliphatic rings. The smallest absolute Gasteiger partial charge is 0.256 e. The zero-order chi connectivity index (χ0) is 21.0. The Morgan fingerprint density at radius 3 is 2.73 bits per heavy atom. The number of pyridine rings is 1. The van der Waals surface area contributed by atoms with Crippen LogP contribution in [0.2, 0.25) is 5.02 Å². The van der Waals surface area contributed by atoms with Gasteiger partial charge in [0.1, 0.15) is 17.0 Å². The van der Waals surface area contributed by atoms with Crippen molar-refractivity contribution in [1.82, 2.24) is 29.5 Å². The first-order valence-corrected chi connectivity index (χ1v) is 10.4. The first kappa shape index (κ1) is 18.9. The lowest BCUT2D eigenvalue weighted by Gasteiger charge is -2.08. The van der Waals surface area contributed by atoms with Gasteiger partial charge in [0.15, 0.2) is 5.65 Å². The number of amides is 1. The van der Waals surface area contributed by atoms with Crippen LogP contribution in [0.15, 0.2) is 30.7 Å². The highest BCUT2D eigenvalue weighted by Gasteiger charge is 2.26. The van der Waals surface area contributed by atoms with E-state index in [1.54, 1.807) is 16.9 Å². The van der Waals surface area contributed by atoms with E-state index in [2.05, 4.69) is 39.1 Å². The van der Waals surface area contributed by atoms with Crippen LogP contribution in [0, 0.1) is 0 Å². The van der Waals surface area contributed by atoms with Crippen LogP contribution in [-0.4, -0.2) is 43.1 Å². The molecule has 1 saturated carbocycles. The highest BCUT2D eigenvalue weighted by molar-refractivity contribution is 6.31. The highest BCUT2D eigenvalue weighted by atomic mass is 35.5. The second-order valence-corrected chi connectivity index (χ2v) is 8.32. The fourth-order valence-electron chi connectivity index (χ4n) is 3.63. The van der Waals surface area contributed by atoms with E-state index in [1.807, 2.05) is 25.4 Å². The number of carbonyl (C=O) groups is 1. The second-order valence-electron chi connectivity index (χ2n) is 7.89. The van der Waals surface area contributed by atoms with Gasteiger partial charge in [-0.2, -0.15) is 9.61 Å². The van der Waals surface area contributed by atoms with Crippen molar-refractivity contribution >= 4 is 40.0 Å². The van der Waals surface area contributed by atoms with Gasteiger partial charge in [0.25, 0.3) is 5.91 Å². The number of nitrogens with one attached hydrogen (secondary N) is 2. The van der Waals surface area contributed by atoms with E-state index in [0.29, 0.717) is 16.2 Å². The number of hydrogen-bond acceptors (Lipinski definition) is 5. The molecule has 0 aromatic carbocycles. The Labute approximate surface area is 178 Å². The Morgan fingerprint density at radius 2 is 2.03 bits per heavy atom. The van der Waals surface area contributed by atoms with Crippen LogP contribution in [0.25, 0.3) is 27.9 Å². The van der Waals surface area contributed by atoms with Crippen molar-refractivity contribution in [1.29, 1.82) is 0 Å². The van der Waals surface area contributed by atoms with Gasteiger partial charge < -0.3 is 15.2 Å². The van der Waals surface area contributed by atoms with E-state index in [1.165, 1.54) is 0 Å². The number of nitrogens with zero attached hydrogens (tertiary/aromatic N) is 5. The molecule has 0 unspecified atom stereocenters. The van der Waals surface area contributed by atoms with Crippen LogP contribution in [0.4, 0.5) is 5.82 Å². The van der Waals surface area contributed by atoms with Gasteiger partial charge in [0, 0.05) is 48.5 Å². The lowest BCUT2D eigenvalue weighted by molar-refractivity contribution is 0.0952. The zero-order valence-electron chi connectivity index (χ0n) is 17.0. The molecular weight excluding hydrogens is 402 g/mol. The minimum atomic E-state index is -0.145. The third-order valence-corrected chi connectivity index (χ3v) is 5.56. The minimum Gasteiger partial charge on any atom is -0.373 e. The molecule has 1 amide bonds. The standard InChI is InChI=1S/C21H22ClN7O/c1-11(2)28-10-16(14-6-12(22)8-24-19(14)28)17-7-18(23-3)29-20(27-17)15(9-25-29)21(30)26-13-4-5-13/h6-11,13,23H,4-5H2,1-3H3,(H,26,30). The Hall–Kier alpha value is -3.13. The van der Waals surface area contributed by atoms with Crippen molar-refractivity contribution in [3.8, 4) is 11.3 Å². The van der Waals surface area contributed by atoms with Crippen molar-refractivity contribution in [3.63, 3.8) is 0 Å². The van der Waals surface area contributed by atoms with Crippen LogP contribution >= 0.6 is 11.6 Å². The molecule has 0 saturated heterocycles. The Morgan fingerprint density at radius 1 is 1.23 bits per heavy atom. The van der Waals surface area contributed by atoms with E-state index >= 15 is 0 Å². The summed E-state index contributed by atoms with van der Waals surface area (Å²) in [6.07, 6.45) is 7.30. The summed E-state index contributed by atoms with van der Waals surface area (Å²) in [5.74, 6) is 0.592. The SMILES string of the molecule is CNc1cc(-c2cn(C(C)C)c3ncc(Cl)cc23)nc2c(C(=O)NC3CC3)cnn12. The zero-order valence-corrected chi connectivity index (χ0v) is 17.7. The van der Waals surface area contributed by atoms with E-state index in [9.17, 15) is 4.79 Å². The predicted octanol–water partition coefficient (Wildman–Crippen LogP) is 3.91. The summed E-state index contributed by atoms with van der Waals surface area (Å²) < 4.78 is 3.75. The predicted molar refractivity (Wildman–Crippen MR) is 117 cm³/mol. The average molecular weight is 424 g/mol. The molecule has 1 fully saturated rings. The number of carbonyl (C=O) groups excluding carboxylic acids is 1. The van der Waals surface area contributed by atoms with Crippen LogP contribution in [0.5, 0.6) is 0 Å². The summed E-state index contributed by atoms with van der Waals surface area (Å²) in [5, 5.41) is 12.0. The monoisotopic (exact) mass is 423 g/mol. The molecule has 5 rings (SSSR count). The van der Waals surface area contributed by atoms with E-state index < -0.39 is 0 Å². The topological polar surface area (TPSA) is 89.1 Å². The molecule has 0 atom stereocenters. The molecule has 2 N–H and O–H groups in total. The van der Waals surface area contributed by atoms with Crippen molar-refractivity contribution in [2.24, 2.45) is 0 Å². The Bertz CT molecular complexity index is 1290. The maximum Gasteiger partial charge on any atom is 0.256 e. The first-order valence-electron chi connectivity index (χ1n) is 10.00. The summed E-state index contributed by atoms with van der Waals surface area (Å²) in [7, 11) is 1.82. The number of aromatic nitrogens is 5. The molecule has 0 bridgehead atoms. The molecule has 4 aromatic rings. The molecule has 0 radical (unpaired) electrons.